The van der Waals surface area contributed by atoms with E-state index in [9.17, 15) is 0 Å². The summed E-state index contributed by atoms with van der Waals surface area (Å²) in [6, 6.07) is 4.10. The first-order valence-electron chi connectivity index (χ1n) is 6.23. The van der Waals surface area contributed by atoms with E-state index in [0.29, 0.717) is 12.5 Å². The van der Waals surface area contributed by atoms with Crippen LogP contribution in [0.4, 0.5) is 5.69 Å². The van der Waals surface area contributed by atoms with Crippen molar-refractivity contribution in [3.8, 4) is 0 Å². The summed E-state index contributed by atoms with van der Waals surface area (Å²) in [5.74, 6) is 0.625. The second kappa shape index (κ2) is 5.98. The van der Waals surface area contributed by atoms with Crippen molar-refractivity contribution in [2.75, 3.05) is 31.7 Å². The normalized spacial score (nSPS) is 20.6. The molecule has 1 atom stereocenters. The predicted octanol–water partition coefficient (Wildman–Crippen LogP) is 1.40. The highest BCUT2D eigenvalue weighted by atomic mass is 16.5. The highest BCUT2D eigenvalue weighted by Crippen LogP contribution is 2.25. The fraction of sp³-hybridized carbons (Fsp3) is 0.615. The zero-order chi connectivity index (χ0) is 12.1. The molecule has 1 aromatic heterocycles. The van der Waals surface area contributed by atoms with Crippen molar-refractivity contribution in [3.63, 3.8) is 0 Å². The summed E-state index contributed by atoms with van der Waals surface area (Å²) in [6.45, 7) is 3.49. The molecule has 1 fully saturated rings. The Balaban J connectivity index is 2.10. The Morgan fingerprint density at radius 2 is 2.47 bits per heavy atom. The minimum absolute atomic E-state index is 0.502. The van der Waals surface area contributed by atoms with E-state index in [0.717, 1.165) is 25.4 Å². The van der Waals surface area contributed by atoms with Crippen LogP contribution < -0.4 is 10.6 Å². The Morgan fingerprint density at radius 3 is 3.24 bits per heavy atom. The molecule has 4 heteroatoms. The van der Waals surface area contributed by atoms with Crippen molar-refractivity contribution in [2.45, 2.75) is 19.4 Å². The van der Waals surface area contributed by atoms with Crippen molar-refractivity contribution >= 4 is 5.69 Å². The molecule has 1 aliphatic heterocycles. The van der Waals surface area contributed by atoms with E-state index in [2.05, 4.69) is 16.0 Å². The molecule has 17 heavy (non-hydrogen) atoms. The standard InChI is InChI=1S/C13H21N3O/c1-17-10-11-4-3-7-16(9-11)13-5-2-6-15-12(13)8-14/h2,5-6,11H,3-4,7-10,14H2,1H3. The minimum Gasteiger partial charge on any atom is -0.384 e. The molecule has 0 amide bonds. The molecule has 2 heterocycles. The summed E-state index contributed by atoms with van der Waals surface area (Å²) in [6.07, 6.45) is 4.28. The third-order valence-corrected chi connectivity index (χ3v) is 3.32. The van der Waals surface area contributed by atoms with Gasteiger partial charge in [-0.3, -0.25) is 4.98 Å². The SMILES string of the molecule is COCC1CCCN(c2cccnc2CN)C1. The molecule has 1 unspecified atom stereocenters. The number of hydrogen-bond donors (Lipinski definition) is 1. The van der Waals surface area contributed by atoms with Crippen LogP contribution in [0.1, 0.15) is 18.5 Å². The highest BCUT2D eigenvalue weighted by molar-refractivity contribution is 5.50. The van der Waals surface area contributed by atoms with E-state index in [-0.39, 0.29) is 0 Å². The van der Waals surface area contributed by atoms with Crippen LogP contribution in [0.15, 0.2) is 18.3 Å². The van der Waals surface area contributed by atoms with Gasteiger partial charge in [-0.2, -0.15) is 0 Å². The summed E-state index contributed by atoms with van der Waals surface area (Å²) in [5.41, 5.74) is 7.92. The van der Waals surface area contributed by atoms with Crippen molar-refractivity contribution in [1.82, 2.24) is 4.98 Å². The Kier molecular flexibility index (Phi) is 4.34. The molecule has 4 nitrogen and oxygen atoms in total. The molecule has 0 aliphatic carbocycles. The lowest BCUT2D eigenvalue weighted by Gasteiger charge is -2.34. The first kappa shape index (κ1) is 12.3. The number of methoxy groups -OCH3 is 1. The predicted molar refractivity (Wildman–Crippen MR) is 68.9 cm³/mol. The van der Waals surface area contributed by atoms with Gasteiger partial charge in [-0.05, 0) is 30.9 Å². The molecule has 2 N–H and O–H groups in total. The van der Waals surface area contributed by atoms with Gasteiger partial charge in [0, 0.05) is 32.9 Å². The van der Waals surface area contributed by atoms with E-state index < -0.39 is 0 Å². The van der Waals surface area contributed by atoms with Gasteiger partial charge in [0.2, 0.25) is 0 Å². The number of piperidine rings is 1. The Bertz CT molecular complexity index is 354. The van der Waals surface area contributed by atoms with Gasteiger partial charge in [0.05, 0.1) is 18.0 Å². The molecular weight excluding hydrogens is 214 g/mol. The van der Waals surface area contributed by atoms with E-state index in [1.54, 1.807) is 7.11 Å². The smallest absolute Gasteiger partial charge is 0.0772 e. The lowest BCUT2D eigenvalue weighted by Crippen LogP contribution is -2.37. The quantitative estimate of drug-likeness (QED) is 0.857. The van der Waals surface area contributed by atoms with E-state index in [1.165, 1.54) is 18.5 Å². The maximum absolute atomic E-state index is 5.74. The van der Waals surface area contributed by atoms with E-state index in [4.69, 9.17) is 10.5 Å². The van der Waals surface area contributed by atoms with Gasteiger partial charge in [0.15, 0.2) is 0 Å². The number of anilines is 1. The number of pyridine rings is 1. The van der Waals surface area contributed by atoms with Crippen LogP contribution in [0.25, 0.3) is 0 Å². The number of hydrogen-bond acceptors (Lipinski definition) is 4. The van der Waals surface area contributed by atoms with Gasteiger partial charge in [0.1, 0.15) is 0 Å². The average Bonchev–Trinajstić information content (AvgIpc) is 2.39. The van der Waals surface area contributed by atoms with Crippen LogP contribution >= 0.6 is 0 Å². The second-order valence-electron chi connectivity index (χ2n) is 4.58. The van der Waals surface area contributed by atoms with Crippen LogP contribution in [0.5, 0.6) is 0 Å². The fourth-order valence-electron chi connectivity index (χ4n) is 2.53. The van der Waals surface area contributed by atoms with Gasteiger partial charge in [-0.1, -0.05) is 0 Å². The fourth-order valence-corrected chi connectivity index (χ4v) is 2.53. The average molecular weight is 235 g/mol. The zero-order valence-electron chi connectivity index (χ0n) is 10.4. The largest absolute Gasteiger partial charge is 0.384 e. The third kappa shape index (κ3) is 2.96. The monoisotopic (exact) mass is 235 g/mol. The molecule has 1 aromatic rings. The first-order valence-corrected chi connectivity index (χ1v) is 6.23. The molecule has 0 spiro atoms. The molecule has 1 saturated heterocycles. The lowest BCUT2D eigenvalue weighted by molar-refractivity contribution is 0.143. The molecular formula is C13H21N3O. The highest BCUT2D eigenvalue weighted by Gasteiger charge is 2.21. The summed E-state index contributed by atoms with van der Waals surface area (Å²) in [7, 11) is 1.77. The van der Waals surface area contributed by atoms with Crippen molar-refractivity contribution < 1.29 is 4.74 Å². The van der Waals surface area contributed by atoms with Gasteiger partial charge in [0.25, 0.3) is 0 Å². The summed E-state index contributed by atoms with van der Waals surface area (Å²) in [5, 5.41) is 0. The molecule has 0 aromatic carbocycles. The Hall–Kier alpha value is -1.13. The van der Waals surface area contributed by atoms with Gasteiger partial charge in [-0.25, -0.2) is 0 Å². The molecule has 2 rings (SSSR count). The van der Waals surface area contributed by atoms with Gasteiger partial charge < -0.3 is 15.4 Å². The molecule has 0 saturated carbocycles. The van der Waals surface area contributed by atoms with Gasteiger partial charge in [-0.15, -0.1) is 0 Å². The number of nitrogens with zero attached hydrogens (tertiary/aromatic N) is 2. The topological polar surface area (TPSA) is 51.4 Å². The van der Waals surface area contributed by atoms with Crippen LogP contribution in [-0.2, 0) is 11.3 Å². The first-order chi connectivity index (χ1) is 8.35. The number of rotatable bonds is 4. The number of aromatic nitrogens is 1. The summed E-state index contributed by atoms with van der Waals surface area (Å²) in [4.78, 5) is 6.74. The zero-order valence-corrected chi connectivity index (χ0v) is 10.4. The number of nitrogens with two attached hydrogens (primary N) is 1. The Morgan fingerprint density at radius 1 is 1.59 bits per heavy atom. The maximum Gasteiger partial charge on any atom is 0.0772 e. The summed E-state index contributed by atoms with van der Waals surface area (Å²) < 4.78 is 5.26. The third-order valence-electron chi connectivity index (χ3n) is 3.32. The second-order valence-corrected chi connectivity index (χ2v) is 4.58. The maximum atomic E-state index is 5.74. The van der Waals surface area contributed by atoms with Crippen LogP contribution in [0.3, 0.4) is 0 Å². The van der Waals surface area contributed by atoms with Crippen LogP contribution in [0, 0.1) is 5.92 Å². The van der Waals surface area contributed by atoms with Gasteiger partial charge >= 0.3 is 0 Å². The molecule has 1 aliphatic rings. The minimum atomic E-state index is 0.502. The number of ether oxygens (including phenoxy) is 1. The van der Waals surface area contributed by atoms with Crippen LogP contribution in [-0.4, -0.2) is 31.8 Å². The van der Waals surface area contributed by atoms with E-state index in [1.807, 2.05) is 12.3 Å². The lowest BCUT2D eigenvalue weighted by atomic mass is 9.98. The summed E-state index contributed by atoms with van der Waals surface area (Å²) >= 11 is 0. The Labute approximate surface area is 103 Å². The molecule has 0 bridgehead atoms. The van der Waals surface area contributed by atoms with Crippen molar-refractivity contribution in [2.24, 2.45) is 11.7 Å². The van der Waals surface area contributed by atoms with Crippen LogP contribution in [0.2, 0.25) is 0 Å². The molecule has 0 radical (unpaired) electrons. The molecule has 94 valence electrons. The van der Waals surface area contributed by atoms with Crippen molar-refractivity contribution in [3.05, 3.63) is 24.0 Å². The van der Waals surface area contributed by atoms with E-state index >= 15 is 0 Å². The van der Waals surface area contributed by atoms with Crippen molar-refractivity contribution in [1.29, 1.82) is 0 Å².